The lowest BCUT2D eigenvalue weighted by molar-refractivity contribution is -0.175. The van der Waals surface area contributed by atoms with Crippen molar-refractivity contribution < 1.29 is 27.4 Å². The Balaban J connectivity index is 2.55. The number of nitrogens with two attached hydrogens (primary N) is 1. The summed E-state index contributed by atoms with van der Waals surface area (Å²) >= 11 is 3.30. The van der Waals surface area contributed by atoms with Gasteiger partial charge < -0.3 is 19.9 Å². The van der Waals surface area contributed by atoms with E-state index in [0.717, 1.165) is 5.56 Å². The van der Waals surface area contributed by atoms with Crippen molar-refractivity contribution in [3.05, 3.63) is 22.2 Å². The van der Waals surface area contributed by atoms with Crippen LogP contribution in [0.15, 0.2) is 16.6 Å². The van der Waals surface area contributed by atoms with Crippen LogP contribution in [0.25, 0.3) is 0 Å². The smallest absolute Gasteiger partial charge is 0.411 e. The van der Waals surface area contributed by atoms with Gasteiger partial charge in [0, 0.05) is 6.54 Å². The molecule has 0 atom stereocenters. The third kappa shape index (κ3) is 5.56. The highest BCUT2D eigenvalue weighted by atomic mass is 79.9. The van der Waals surface area contributed by atoms with Crippen LogP contribution in [0.2, 0.25) is 0 Å². The van der Waals surface area contributed by atoms with E-state index >= 15 is 0 Å². The molecule has 20 heavy (non-hydrogen) atoms. The van der Waals surface area contributed by atoms with E-state index < -0.39 is 12.8 Å². The van der Waals surface area contributed by atoms with E-state index in [1.54, 1.807) is 12.1 Å². The van der Waals surface area contributed by atoms with Crippen molar-refractivity contribution >= 4 is 15.9 Å². The van der Waals surface area contributed by atoms with Gasteiger partial charge in [-0.1, -0.05) is 0 Å². The molecule has 1 rings (SSSR count). The van der Waals surface area contributed by atoms with Gasteiger partial charge in [0.1, 0.15) is 13.2 Å². The zero-order chi connectivity index (χ0) is 15.2. The number of hydrogen-bond donors (Lipinski definition) is 1. The molecule has 8 heteroatoms. The first-order valence-electron chi connectivity index (χ1n) is 5.71. The quantitative estimate of drug-likeness (QED) is 0.762. The van der Waals surface area contributed by atoms with E-state index in [0.29, 0.717) is 22.5 Å². The summed E-state index contributed by atoms with van der Waals surface area (Å²) in [5.74, 6) is 0.857. The molecule has 2 N–H and O–H groups in total. The summed E-state index contributed by atoms with van der Waals surface area (Å²) in [6.07, 6.45) is -4.33. The van der Waals surface area contributed by atoms with Gasteiger partial charge in [0.25, 0.3) is 0 Å². The van der Waals surface area contributed by atoms with Crippen LogP contribution in [0, 0.1) is 0 Å². The summed E-state index contributed by atoms with van der Waals surface area (Å²) in [7, 11) is 1.47. The first-order valence-corrected chi connectivity index (χ1v) is 6.50. The Morgan fingerprint density at radius 3 is 2.50 bits per heavy atom. The molecule has 0 aliphatic carbocycles. The average molecular weight is 358 g/mol. The number of methoxy groups -OCH3 is 1. The average Bonchev–Trinajstić information content (AvgIpc) is 2.38. The molecular weight excluding hydrogens is 343 g/mol. The maximum absolute atomic E-state index is 11.9. The number of alkyl halides is 3. The van der Waals surface area contributed by atoms with E-state index in [-0.39, 0.29) is 13.2 Å². The summed E-state index contributed by atoms with van der Waals surface area (Å²) in [4.78, 5) is 0. The molecule has 0 saturated carbocycles. The molecule has 0 fully saturated rings. The van der Waals surface area contributed by atoms with Crippen LogP contribution in [0.3, 0.4) is 0 Å². The largest absolute Gasteiger partial charge is 0.493 e. The summed E-state index contributed by atoms with van der Waals surface area (Å²) in [5, 5.41) is 0. The number of hydrogen-bond acceptors (Lipinski definition) is 4. The topological polar surface area (TPSA) is 53.7 Å². The molecule has 0 amide bonds. The van der Waals surface area contributed by atoms with Gasteiger partial charge in [0.05, 0.1) is 18.2 Å². The molecule has 0 spiro atoms. The van der Waals surface area contributed by atoms with Crippen LogP contribution in [0.4, 0.5) is 13.2 Å². The Kier molecular flexibility index (Phi) is 6.57. The van der Waals surface area contributed by atoms with Crippen LogP contribution < -0.4 is 15.2 Å². The van der Waals surface area contributed by atoms with Gasteiger partial charge in [-0.2, -0.15) is 13.2 Å². The van der Waals surface area contributed by atoms with Gasteiger partial charge in [-0.25, -0.2) is 0 Å². The highest BCUT2D eigenvalue weighted by Crippen LogP contribution is 2.36. The molecule has 0 unspecified atom stereocenters. The van der Waals surface area contributed by atoms with E-state index in [9.17, 15) is 13.2 Å². The number of ether oxygens (including phenoxy) is 3. The molecule has 0 aliphatic rings. The monoisotopic (exact) mass is 357 g/mol. The first-order chi connectivity index (χ1) is 9.37. The second-order valence-corrected chi connectivity index (χ2v) is 4.68. The lowest BCUT2D eigenvalue weighted by atomic mass is 10.2. The van der Waals surface area contributed by atoms with Crippen molar-refractivity contribution in [2.75, 3.05) is 26.9 Å². The maximum Gasteiger partial charge on any atom is 0.411 e. The van der Waals surface area contributed by atoms with E-state index in [2.05, 4.69) is 20.7 Å². The summed E-state index contributed by atoms with van der Waals surface area (Å²) in [6, 6.07) is 3.46. The number of benzene rings is 1. The van der Waals surface area contributed by atoms with Crippen LogP contribution in [0.5, 0.6) is 11.5 Å². The van der Waals surface area contributed by atoms with Gasteiger partial charge in [0.2, 0.25) is 0 Å². The van der Waals surface area contributed by atoms with Crippen LogP contribution >= 0.6 is 15.9 Å². The zero-order valence-corrected chi connectivity index (χ0v) is 12.4. The van der Waals surface area contributed by atoms with Crippen LogP contribution in [0.1, 0.15) is 5.56 Å². The number of rotatable bonds is 7. The molecule has 0 aliphatic heterocycles. The van der Waals surface area contributed by atoms with Crippen molar-refractivity contribution in [2.45, 2.75) is 12.7 Å². The molecular formula is C12H15BrF3NO3. The normalized spacial score (nSPS) is 11.5. The van der Waals surface area contributed by atoms with Gasteiger partial charge >= 0.3 is 6.18 Å². The molecule has 0 radical (unpaired) electrons. The Morgan fingerprint density at radius 1 is 1.25 bits per heavy atom. The molecule has 1 aromatic carbocycles. The minimum absolute atomic E-state index is 0.0208. The highest BCUT2D eigenvalue weighted by Gasteiger charge is 2.27. The van der Waals surface area contributed by atoms with Gasteiger partial charge in [-0.3, -0.25) is 0 Å². The first kappa shape index (κ1) is 17.1. The number of halogens is 4. The van der Waals surface area contributed by atoms with E-state index in [4.69, 9.17) is 15.2 Å². The van der Waals surface area contributed by atoms with Crippen molar-refractivity contribution in [2.24, 2.45) is 5.73 Å². The minimum atomic E-state index is -4.33. The fourth-order valence-corrected chi connectivity index (χ4v) is 2.03. The second kappa shape index (κ2) is 7.70. The Morgan fingerprint density at radius 2 is 1.95 bits per heavy atom. The summed E-state index contributed by atoms with van der Waals surface area (Å²) in [6.45, 7) is -1.15. The van der Waals surface area contributed by atoms with Crippen molar-refractivity contribution in [3.8, 4) is 11.5 Å². The van der Waals surface area contributed by atoms with Crippen molar-refractivity contribution in [1.82, 2.24) is 0 Å². The standard InChI is InChI=1S/C12H15BrF3NO3/c1-18-10-5-8(6-17)4-9(13)11(10)20-3-2-19-7-12(14,15)16/h4-5H,2-3,6-7,17H2,1H3. The maximum atomic E-state index is 11.9. The SMILES string of the molecule is COc1cc(CN)cc(Br)c1OCCOCC(F)(F)F. The Labute approximate surface area is 123 Å². The highest BCUT2D eigenvalue weighted by molar-refractivity contribution is 9.10. The molecule has 0 saturated heterocycles. The summed E-state index contributed by atoms with van der Waals surface area (Å²) in [5.41, 5.74) is 6.37. The predicted molar refractivity (Wildman–Crippen MR) is 71.0 cm³/mol. The van der Waals surface area contributed by atoms with Crippen LogP contribution in [-0.2, 0) is 11.3 Å². The van der Waals surface area contributed by atoms with Crippen molar-refractivity contribution in [1.29, 1.82) is 0 Å². The third-order valence-corrected chi connectivity index (χ3v) is 2.85. The van der Waals surface area contributed by atoms with Crippen molar-refractivity contribution in [3.63, 3.8) is 0 Å². The fraction of sp³-hybridized carbons (Fsp3) is 0.500. The second-order valence-electron chi connectivity index (χ2n) is 3.83. The molecule has 4 nitrogen and oxygen atoms in total. The van der Waals surface area contributed by atoms with Gasteiger partial charge in [-0.15, -0.1) is 0 Å². The van der Waals surface area contributed by atoms with E-state index in [1.165, 1.54) is 7.11 Å². The zero-order valence-electron chi connectivity index (χ0n) is 10.8. The van der Waals surface area contributed by atoms with Gasteiger partial charge in [0.15, 0.2) is 11.5 Å². The van der Waals surface area contributed by atoms with E-state index in [1.807, 2.05) is 0 Å². The molecule has 1 aromatic rings. The Hall–Kier alpha value is -0.990. The lowest BCUT2D eigenvalue weighted by Gasteiger charge is -2.14. The predicted octanol–water partition coefficient (Wildman–Crippen LogP) is 2.87. The summed E-state index contributed by atoms with van der Waals surface area (Å²) < 4.78 is 51.2. The third-order valence-electron chi connectivity index (χ3n) is 2.26. The minimum Gasteiger partial charge on any atom is -0.493 e. The molecule has 114 valence electrons. The fourth-order valence-electron chi connectivity index (χ4n) is 1.42. The van der Waals surface area contributed by atoms with Crippen LogP contribution in [-0.4, -0.2) is 33.1 Å². The van der Waals surface area contributed by atoms with Gasteiger partial charge in [-0.05, 0) is 33.6 Å². The molecule has 0 bridgehead atoms. The molecule has 0 aromatic heterocycles. The Bertz CT molecular complexity index is 441. The lowest BCUT2D eigenvalue weighted by Crippen LogP contribution is -2.19. The molecule has 0 heterocycles.